The van der Waals surface area contributed by atoms with Crippen molar-refractivity contribution in [2.45, 2.75) is 105 Å². The van der Waals surface area contributed by atoms with E-state index in [1.165, 1.54) is 53.5 Å². The van der Waals surface area contributed by atoms with Gasteiger partial charge >= 0.3 is 0 Å². The van der Waals surface area contributed by atoms with E-state index in [4.69, 9.17) is 4.74 Å². The minimum Gasteiger partial charge on any atom is -0.493 e. The van der Waals surface area contributed by atoms with E-state index in [-0.39, 0.29) is 5.41 Å². The molecule has 0 spiro atoms. The highest BCUT2D eigenvalue weighted by molar-refractivity contribution is 5.66. The molecule has 1 fully saturated rings. The average Bonchev–Trinajstić information content (AvgIpc) is 2.98. The van der Waals surface area contributed by atoms with Gasteiger partial charge in [-0.15, -0.1) is 0 Å². The standard InChI is InChI=1S/C37H50O/c1-6-31-26-35(24-25-36(31)38-27-37(7-2,8-3)9-4)34-22-16-30(17-23-34)13-12-29-14-20-33(21-15-29)32-18-10-28(5)11-19-32/h14-17,20-26,28,32H,6-13,18-19,27H2,1-5H3. The number of rotatable bonds is 12. The van der Waals surface area contributed by atoms with Gasteiger partial charge in [-0.3, -0.25) is 0 Å². The second-order valence-electron chi connectivity index (χ2n) is 11.9. The molecule has 0 bridgehead atoms. The lowest BCUT2D eigenvalue weighted by Gasteiger charge is -2.30. The first-order chi connectivity index (χ1) is 18.5. The van der Waals surface area contributed by atoms with Crippen LogP contribution in [-0.2, 0) is 19.3 Å². The Morgan fingerprint density at radius 3 is 1.79 bits per heavy atom. The molecule has 1 saturated carbocycles. The zero-order valence-corrected chi connectivity index (χ0v) is 24.7. The van der Waals surface area contributed by atoms with E-state index >= 15 is 0 Å². The Bertz CT molecular complexity index is 1100. The summed E-state index contributed by atoms with van der Waals surface area (Å²) >= 11 is 0. The van der Waals surface area contributed by atoms with Gasteiger partial charge in [0.05, 0.1) is 6.61 Å². The van der Waals surface area contributed by atoms with Crippen LogP contribution in [0, 0.1) is 11.3 Å². The second kappa shape index (κ2) is 13.5. The predicted molar refractivity (Wildman–Crippen MR) is 164 cm³/mol. The van der Waals surface area contributed by atoms with E-state index in [2.05, 4.69) is 101 Å². The molecule has 0 radical (unpaired) electrons. The van der Waals surface area contributed by atoms with Gasteiger partial charge in [0, 0.05) is 5.41 Å². The second-order valence-corrected chi connectivity index (χ2v) is 11.9. The van der Waals surface area contributed by atoms with Gasteiger partial charge in [-0.05, 0) is 109 Å². The van der Waals surface area contributed by atoms with Crippen molar-refractivity contribution in [2.24, 2.45) is 11.3 Å². The van der Waals surface area contributed by atoms with Crippen molar-refractivity contribution < 1.29 is 4.74 Å². The predicted octanol–water partition coefficient (Wildman–Crippen LogP) is 10.6. The van der Waals surface area contributed by atoms with E-state index in [9.17, 15) is 0 Å². The highest BCUT2D eigenvalue weighted by Gasteiger charge is 2.25. The first-order valence-corrected chi connectivity index (χ1v) is 15.4. The Balaban J connectivity index is 1.34. The Labute approximate surface area is 233 Å². The molecule has 204 valence electrons. The summed E-state index contributed by atoms with van der Waals surface area (Å²) in [4.78, 5) is 0. The molecule has 1 nitrogen and oxygen atoms in total. The van der Waals surface area contributed by atoms with Gasteiger partial charge in [-0.1, -0.05) is 102 Å². The molecular weight excluding hydrogens is 460 g/mol. The van der Waals surface area contributed by atoms with Crippen LogP contribution in [-0.4, -0.2) is 6.61 Å². The highest BCUT2D eigenvalue weighted by Crippen LogP contribution is 2.36. The van der Waals surface area contributed by atoms with Crippen molar-refractivity contribution in [2.75, 3.05) is 6.61 Å². The fourth-order valence-electron chi connectivity index (χ4n) is 6.17. The molecule has 0 saturated heterocycles. The molecule has 0 atom stereocenters. The van der Waals surface area contributed by atoms with Gasteiger partial charge in [-0.25, -0.2) is 0 Å². The summed E-state index contributed by atoms with van der Waals surface area (Å²) in [7, 11) is 0. The molecule has 0 amide bonds. The lowest BCUT2D eigenvalue weighted by Crippen LogP contribution is -2.26. The van der Waals surface area contributed by atoms with Crippen molar-refractivity contribution in [3.05, 3.63) is 89.0 Å². The molecule has 1 heteroatoms. The largest absolute Gasteiger partial charge is 0.493 e. The molecule has 0 aromatic heterocycles. The first kappa shape index (κ1) is 28.5. The van der Waals surface area contributed by atoms with Crippen molar-refractivity contribution in [1.29, 1.82) is 0 Å². The summed E-state index contributed by atoms with van der Waals surface area (Å²) in [6, 6.07) is 25.4. The Morgan fingerprint density at radius 1 is 0.684 bits per heavy atom. The zero-order chi connectivity index (χ0) is 27.0. The number of aryl methyl sites for hydroxylation is 3. The number of hydrogen-bond acceptors (Lipinski definition) is 1. The van der Waals surface area contributed by atoms with Crippen molar-refractivity contribution >= 4 is 0 Å². The monoisotopic (exact) mass is 510 g/mol. The van der Waals surface area contributed by atoms with Crippen LogP contribution in [0.4, 0.5) is 0 Å². The average molecular weight is 511 g/mol. The zero-order valence-electron chi connectivity index (χ0n) is 24.7. The van der Waals surface area contributed by atoms with Crippen LogP contribution < -0.4 is 4.74 Å². The lowest BCUT2D eigenvalue weighted by molar-refractivity contribution is 0.127. The van der Waals surface area contributed by atoms with Crippen LogP contribution in [0.25, 0.3) is 11.1 Å². The minimum atomic E-state index is 0.287. The topological polar surface area (TPSA) is 9.23 Å². The summed E-state index contributed by atoms with van der Waals surface area (Å²) in [6.07, 6.45) is 12.2. The minimum absolute atomic E-state index is 0.287. The van der Waals surface area contributed by atoms with Crippen LogP contribution in [0.1, 0.15) is 108 Å². The van der Waals surface area contributed by atoms with Crippen LogP contribution in [0.3, 0.4) is 0 Å². The van der Waals surface area contributed by atoms with Gasteiger partial charge in [0.25, 0.3) is 0 Å². The summed E-state index contributed by atoms with van der Waals surface area (Å²) in [5.41, 5.74) is 8.55. The maximum atomic E-state index is 6.40. The van der Waals surface area contributed by atoms with Gasteiger partial charge in [-0.2, -0.15) is 0 Å². The van der Waals surface area contributed by atoms with Gasteiger partial charge in [0.15, 0.2) is 0 Å². The number of hydrogen-bond donors (Lipinski definition) is 0. The van der Waals surface area contributed by atoms with Gasteiger partial charge in [0.2, 0.25) is 0 Å². The third-order valence-electron chi connectivity index (χ3n) is 9.68. The number of benzene rings is 3. The van der Waals surface area contributed by atoms with E-state index in [0.29, 0.717) is 0 Å². The van der Waals surface area contributed by atoms with E-state index in [1.54, 1.807) is 5.56 Å². The van der Waals surface area contributed by atoms with Crippen molar-refractivity contribution in [3.63, 3.8) is 0 Å². The maximum Gasteiger partial charge on any atom is 0.122 e. The summed E-state index contributed by atoms with van der Waals surface area (Å²) in [5, 5.41) is 0. The Hall–Kier alpha value is -2.54. The smallest absolute Gasteiger partial charge is 0.122 e. The summed E-state index contributed by atoms with van der Waals surface area (Å²) < 4.78 is 6.40. The SMILES string of the molecule is CCc1cc(-c2ccc(CCc3ccc(C4CCC(C)CC4)cc3)cc2)ccc1OCC(CC)(CC)CC. The molecule has 38 heavy (non-hydrogen) atoms. The van der Waals surface area contributed by atoms with Crippen LogP contribution in [0.5, 0.6) is 5.75 Å². The summed E-state index contributed by atoms with van der Waals surface area (Å²) in [5.74, 6) is 2.74. The van der Waals surface area contributed by atoms with Crippen LogP contribution in [0.2, 0.25) is 0 Å². The third kappa shape index (κ3) is 7.10. The molecule has 3 aromatic carbocycles. The molecule has 0 heterocycles. The molecule has 0 N–H and O–H groups in total. The fourth-order valence-corrected chi connectivity index (χ4v) is 6.17. The Kier molecular flexibility index (Phi) is 10.1. The van der Waals surface area contributed by atoms with Gasteiger partial charge in [0.1, 0.15) is 5.75 Å². The highest BCUT2D eigenvalue weighted by atomic mass is 16.5. The van der Waals surface area contributed by atoms with Gasteiger partial charge < -0.3 is 4.74 Å². The maximum absolute atomic E-state index is 6.40. The van der Waals surface area contributed by atoms with Crippen molar-refractivity contribution in [1.82, 2.24) is 0 Å². The summed E-state index contributed by atoms with van der Waals surface area (Å²) in [6.45, 7) is 12.3. The molecule has 3 aromatic rings. The van der Waals surface area contributed by atoms with E-state index in [1.807, 2.05) is 0 Å². The Morgan fingerprint density at radius 2 is 1.24 bits per heavy atom. The van der Waals surface area contributed by atoms with Crippen molar-refractivity contribution in [3.8, 4) is 16.9 Å². The molecule has 0 aliphatic heterocycles. The normalized spacial score (nSPS) is 17.9. The molecule has 1 aliphatic rings. The molecule has 1 aliphatic carbocycles. The van der Waals surface area contributed by atoms with E-state index in [0.717, 1.165) is 62.7 Å². The fraction of sp³-hybridized carbons (Fsp3) is 0.514. The third-order valence-corrected chi connectivity index (χ3v) is 9.68. The van der Waals surface area contributed by atoms with Crippen LogP contribution in [0.15, 0.2) is 66.7 Å². The molecule has 4 rings (SSSR count). The van der Waals surface area contributed by atoms with Crippen LogP contribution >= 0.6 is 0 Å². The quantitative estimate of drug-likeness (QED) is 0.235. The molecular formula is C37H50O. The van der Waals surface area contributed by atoms with E-state index < -0.39 is 0 Å². The first-order valence-electron chi connectivity index (χ1n) is 15.4. The number of ether oxygens (including phenoxy) is 1. The molecule has 0 unspecified atom stereocenters. The lowest BCUT2D eigenvalue weighted by atomic mass is 9.79.